The van der Waals surface area contributed by atoms with Gasteiger partial charge in [0.2, 0.25) is 0 Å². The molecule has 5 heteroatoms. The van der Waals surface area contributed by atoms with Crippen molar-refractivity contribution in [1.29, 1.82) is 0 Å². The molecule has 0 bridgehead atoms. The predicted molar refractivity (Wildman–Crippen MR) is 85.7 cm³/mol. The van der Waals surface area contributed by atoms with Crippen LogP contribution in [0.15, 0.2) is 24.3 Å². The third-order valence-electron chi connectivity index (χ3n) is 4.55. The van der Waals surface area contributed by atoms with E-state index in [2.05, 4.69) is 4.90 Å². The Balaban J connectivity index is 1.77. The molecule has 22 heavy (non-hydrogen) atoms. The van der Waals surface area contributed by atoms with Gasteiger partial charge in [-0.05, 0) is 51.9 Å². The molecule has 3 amide bonds. The van der Waals surface area contributed by atoms with Crippen LogP contribution in [0.25, 0.3) is 0 Å². The summed E-state index contributed by atoms with van der Waals surface area (Å²) in [4.78, 5) is 30.4. The van der Waals surface area contributed by atoms with E-state index < -0.39 is 6.04 Å². The zero-order valence-corrected chi connectivity index (χ0v) is 13.3. The zero-order valence-electron chi connectivity index (χ0n) is 13.3. The molecule has 0 aliphatic carbocycles. The number of imide groups is 1. The van der Waals surface area contributed by atoms with E-state index in [9.17, 15) is 9.59 Å². The van der Waals surface area contributed by atoms with Gasteiger partial charge in [-0.3, -0.25) is 14.6 Å². The van der Waals surface area contributed by atoms with Gasteiger partial charge in [0.1, 0.15) is 6.04 Å². The van der Waals surface area contributed by atoms with Crippen LogP contribution in [0.4, 0.5) is 10.5 Å². The lowest BCUT2D eigenvalue weighted by atomic mass is 10.1. The van der Waals surface area contributed by atoms with Gasteiger partial charge >= 0.3 is 6.03 Å². The molecule has 0 spiro atoms. The summed E-state index contributed by atoms with van der Waals surface area (Å²) in [5.41, 5.74) is 1.93. The van der Waals surface area contributed by atoms with Gasteiger partial charge in [-0.25, -0.2) is 9.69 Å². The van der Waals surface area contributed by atoms with Crippen LogP contribution in [-0.2, 0) is 4.79 Å². The van der Waals surface area contributed by atoms with Crippen molar-refractivity contribution in [1.82, 2.24) is 9.80 Å². The maximum Gasteiger partial charge on any atom is 0.333 e. The van der Waals surface area contributed by atoms with Gasteiger partial charge in [0, 0.05) is 5.69 Å². The average molecular weight is 301 g/mol. The molecule has 1 aromatic rings. The second-order valence-corrected chi connectivity index (χ2v) is 6.25. The molecule has 0 N–H and O–H groups in total. The molecule has 1 aromatic carbocycles. The molecule has 0 saturated carbocycles. The number of carbonyl (C=O) groups excluding carboxylic acids is 2. The Bertz CT molecular complexity index is 564. The number of urea groups is 1. The standard InChI is InChI=1S/C17H23N3O2/c1-13-6-8-15(9-7-13)20-14(2)16(21)19(17(20)22)12-18-10-4-3-5-11-18/h6-9,14H,3-5,10-12H2,1-2H3. The van der Waals surface area contributed by atoms with Gasteiger partial charge in [0.25, 0.3) is 5.91 Å². The van der Waals surface area contributed by atoms with Gasteiger partial charge in [-0.15, -0.1) is 0 Å². The molecular formula is C17H23N3O2. The number of benzene rings is 1. The van der Waals surface area contributed by atoms with Crippen molar-refractivity contribution >= 4 is 17.6 Å². The molecule has 2 heterocycles. The Morgan fingerprint density at radius 3 is 2.32 bits per heavy atom. The second-order valence-electron chi connectivity index (χ2n) is 6.25. The van der Waals surface area contributed by atoms with Crippen molar-refractivity contribution in [2.45, 2.75) is 39.2 Å². The molecule has 5 nitrogen and oxygen atoms in total. The first-order valence-electron chi connectivity index (χ1n) is 8.01. The summed E-state index contributed by atoms with van der Waals surface area (Å²) in [6, 6.07) is 7.11. The van der Waals surface area contributed by atoms with Gasteiger partial charge in [-0.1, -0.05) is 24.1 Å². The smallest absolute Gasteiger partial charge is 0.286 e. The lowest BCUT2D eigenvalue weighted by Crippen LogP contribution is -2.44. The van der Waals surface area contributed by atoms with E-state index in [0.717, 1.165) is 37.2 Å². The number of likely N-dealkylation sites (tertiary alicyclic amines) is 1. The molecule has 0 aromatic heterocycles. The van der Waals surface area contributed by atoms with Crippen LogP contribution in [0, 0.1) is 6.92 Å². The summed E-state index contributed by atoms with van der Waals surface area (Å²) in [6.45, 7) is 6.17. The number of hydrogen-bond acceptors (Lipinski definition) is 3. The number of amides is 3. The Kier molecular flexibility index (Phi) is 4.16. The van der Waals surface area contributed by atoms with E-state index >= 15 is 0 Å². The summed E-state index contributed by atoms with van der Waals surface area (Å²) >= 11 is 0. The maximum absolute atomic E-state index is 12.7. The lowest BCUT2D eigenvalue weighted by Gasteiger charge is -2.29. The fourth-order valence-corrected chi connectivity index (χ4v) is 3.20. The van der Waals surface area contributed by atoms with Crippen molar-refractivity contribution in [3.05, 3.63) is 29.8 Å². The van der Waals surface area contributed by atoms with Crippen molar-refractivity contribution in [3.8, 4) is 0 Å². The van der Waals surface area contributed by atoms with Crippen LogP contribution in [0.1, 0.15) is 31.7 Å². The summed E-state index contributed by atoms with van der Waals surface area (Å²) in [5.74, 6) is -0.101. The van der Waals surface area contributed by atoms with E-state index in [0.29, 0.717) is 6.67 Å². The zero-order chi connectivity index (χ0) is 15.7. The minimum atomic E-state index is -0.431. The predicted octanol–water partition coefficient (Wildman–Crippen LogP) is 2.60. The highest BCUT2D eigenvalue weighted by Crippen LogP contribution is 2.26. The van der Waals surface area contributed by atoms with Crippen LogP contribution in [0.5, 0.6) is 0 Å². The third-order valence-corrected chi connectivity index (χ3v) is 4.55. The molecule has 2 saturated heterocycles. The van der Waals surface area contributed by atoms with E-state index in [1.165, 1.54) is 11.3 Å². The number of nitrogens with zero attached hydrogens (tertiary/aromatic N) is 3. The highest BCUT2D eigenvalue weighted by molar-refractivity contribution is 6.14. The van der Waals surface area contributed by atoms with E-state index in [1.807, 2.05) is 31.2 Å². The topological polar surface area (TPSA) is 43.9 Å². The third kappa shape index (κ3) is 2.73. The molecule has 1 atom stereocenters. The summed E-state index contributed by atoms with van der Waals surface area (Å²) in [5, 5.41) is 0. The quantitative estimate of drug-likeness (QED) is 0.806. The Hall–Kier alpha value is -1.88. The van der Waals surface area contributed by atoms with Crippen LogP contribution >= 0.6 is 0 Å². The van der Waals surface area contributed by atoms with Crippen molar-refractivity contribution in [2.24, 2.45) is 0 Å². The Morgan fingerprint density at radius 2 is 1.68 bits per heavy atom. The first-order valence-corrected chi connectivity index (χ1v) is 8.01. The number of hydrogen-bond donors (Lipinski definition) is 0. The normalized spacial score (nSPS) is 23.5. The van der Waals surface area contributed by atoms with Crippen LogP contribution in [0.3, 0.4) is 0 Å². The molecule has 118 valence electrons. The fraction of sp³-hybridized carbons (Fsp3) is 0.529. The van der Waals surface area contributed by atoms with E-state index in [4.69, 9.17) is 0 Å². The maximum atomic E-state index is 12.7. The number of piperidine rings is 1. The highest BCUT2D eigenvalue weighted by atomic mass is 16.2. The van der Waals surface area contributed by atoms with Crippen LogP contribution in [0.2, 0.25) is 0 Å². The SMILES string of the molecule is Cc1ccc(N2C(=O)N(CN3CCCCC3)C(=O)C2C)cc1. The highest BCUT2D eigenvalue weighted by Gasteiger charge is 2.43. The van der Waals surface area contributed by atoms with Crippen LogP contribution < -0.4 is 4.90 Å². The number of rotatable bonds is 3. The fourth-order valence-electron chi connectivity index (χ4n) is 3.20. The average Bonchev–Trinajstić information content (AvgIpc) is 2.73. The lowest BCUT2D eigenvalue weighted by molar-refractivity contribution is -0.128. The van der Waals surface area contributed by atoms with Crippen molar-refractivity contribution in [2.75, 3.05) is 24.7 Å². The minimum absolute atomic E-state index is 0.101. The van der Waals surface area contributed by atoms with E-state index in [-0.39, 0.29) is 11.9 Å². The first kappa shape index (κ1) is 15.0. The molecular weight excluding hydrogens is 278 g/mol. The molecule has 0 radical (unpaired) electrons. The van der Waals surface area contributed by atoms with Gasteiger partial charge in [0.05, 0.1) is 6.67 Å². The molecule has 2 fully saturated rings. The van der Waals surface area contributed by atoms with Gasteiger partial charge < -0.3 is 0 Å². The molecule has 2 aliphatic rings. The summed E-state index contributed by atoms with van der Waals surface area (Å²) < 4.78 is 0. The Morgan fingerprint density at radius 1 is 1.05 bits per heavy atom. The van der Waals surface area contributed by atoms with Crippen molar-refractivity contribution in [3.63, 3.8) is 0 Å². The van der Waals surface area contributed by atoms with Gasteiger partial charge in [0.15, 0.2) is 0 Å². The van der Waals surface area contributed by atoms with Gasteiger partial charge in [-0.2, -0.15) is 0 Å². The molecule has 2 aliphatic heterocycles. The van der Waals surface area contributed by atoms with Crippen LogP contribution in [-0.4, -0.2) is 47.5 Å². The summed E-state index contributed by atoms with van der Waals surface area (Å²) in [7, 11) is 0. The largest absolute Gasteiger partial charge is 0.333 e. The number of anilines is 1. The first-order chi connectivity index (χ1) is 10.6. The summed E-state index contributed by atoms with van der Waals surface area (Å²) in [6.07, 6.45) is 3.53. The number of aryl methyl sites for hydroxylation is 1. The van der Waals surface area contributed by atoms with E-state index in [1.54, 1.807) is 11.8 Å². The monoisotopic (exact) mass is 301 g/mol. The number of carbonyl (C=O) groups is 2. The minimum Gasteiger partial charge on any atom is -0.286 e. The molecule has 3 rings (SSSR count). The Labute approximate surface area is 131 Å². The van der Waals surface area contributed by atoms with Crippen molar-refractivity contribution < 1.29 is 9.59 Å². The molecule has 1 unspecified atom stereocenters. The second kappa shape index (κ2) is 6.08.